The Balaban J connectivity index is 1.72. The van der Waals surface area contributed by atoms with Crippen LogP contribution in [0.2, 0.25) is 5.02 Å². The van der Waals surface area contributed by atoms with E-state index in [0.717, 1.165) is 5.56 Å². The molecule has 0 atom stereocenters. The van der Waals surface area contributed by atoms with Crippen LogP contribution in [-0.4, -0.2) is 23.1 Å². The molecule has 0 aliphatic heterocycles. The van der Waals surface area contributed by atoms with Gasteiger partial charge >= 0.3 is 0 Å². The highest BCUT2D eigenvalue weighted by molar-refractivity contribution is 6.30. The molecule has 0 spiro atoms. The number of hydrogen-bond donors (Lipinski definition) is 2. The van der Waals surface area contributed by atoms with Gasteiger partial charge in [-0.25, -0.2) is 5.43 Å². The number of anilines is 1. The Kier molecular flexibility index (Phi) is 5.09. The predicted octanol–water partition coefficient (Wildman–Crippen LogP) is 2.91. The van der Waals surface area contributed by atoms with Crippen molar-refractivity contribution in [1.82, 2.24) is 10.6 Å². The maximum Gasteiger partial charge on any atom is 0.295 e. The smallest absolute Gasteiger partial charge is 0.295 e. The molecule has 0 bridgehead atoms. The summed E-state index contributed by atoms with van der Waals surface area (Å²) in [5.74, 6) is -1.34. The number of carbonyl (C=O) groups excluding carboxylic acids is 2. The van der Waals surface area contributed by atoms with Crippen molar-refractivity contribution in [2.75, 3.05) is 5.73 Å². The first-order chi connectivity index (χ1) is 12.6. The van der Waals surface area contributed by atoms with Crippen molar-refractivity contribution in [2.24, 2.45) is 5.10 Å². The van der Waals surface area contributed by atoms with Crippen molar-refractivity contribution >= 4 is 35.2 Å². The van der Waals surface area contributed by atoms with E-state index in [9.17, 15) is 9.59 Å². The third kappa shape index (κ3) is 3.79. The van der Waals surface area contributed by atoms with Gasteiger partial charge in [-0.05, 0) is 17.7 Å². The molecule has 3 aromatic rings. The van der Waals surface area contributed by atoms with E-state index in [4.69, 9.17) is 21.9 Å². The molecule has 2 aromatic carbocycles. The highest BCUT2D eigenvalue weighted by Gasteiger charge is 2.25. The topological polar surface area (TPSA) is 111 Å². The highest BCUT2D eigenvalue weighted by Crippen LogP contribution is 2.20. The normalized spacial score (nSPS) is 10.8. The van der Waals surface area contributed by atoms with E-state index in [1.165, 1.54) is 6.21 Å². The van der Waals surface area contributed by atoms with Crippen molar-refractivity contribution < 1.29 is 14.1 Å². The average molecular weight is 369 g/mol. The van der Waals surface area contributed by atoms with Crippen molar-refractivity contribution in [3.63, 3.8) is 0 Å². The first-order valence-corrected chi connectivity index (χ1v) is 7.88. The molecule has 0 aliphatic rings. The molecular formula is C18H13ClN4O3. The first-order valence-electron chi connectivity index (χ1n) is 7.50. The van der Waals surface area contributed by atoms with Gasteiger partial charge in [0, 0.05) is 10.6 Å². The summed E-state index contributed by atoms with van der Waals surface area (Å²) < 4.78 is 4.96. The van der Waals surface area contributed by atoms with Crippen molar-refractivity contribution in [2.45, 2.75) is 0 Å². The lowest BCUT2D eigenvalue weighted by Crippen LogP contribution is -2.19. The van der Waals surface area contributed by atoms with Crippen molar-refractivity contribution in [3.05, 3.63) is 82.2 Å². The van der Waals surface area contributed by atoms with Crippen LogP contribution in [0, 0.1) is 0 Å². The number of carbonyl (C=O) groups is 2. The van der Waals surface area contributed by atoms with E-state index in [0.29, 0.717) is 10.6 Å². The molecule has 130 valence electrons. The number of nitrogens with zero attached hydrogens (tertiary/aromatic N) is 2. The number of benzene rings is 2. The molecule has 3 N–H and O–H groups in total. The SMILES string of the molecule is Nc1c(C(=O)N/N=C/c2ccc(Cl)cc2)noc1C(=O)c1ccccc1. The molecule has 0 saturated carbocycles. The van der Waals surface area contributed by atoms with Crippen LogP contribution >= 0.6 is 11.6 Å². The van der Waals surface area contributed by atoms with Crippen molar-refractivity contribution in [1.29, 1.82) is 0 Å². The minimum Gasteiger partial charge on any atom is -0.393 e. The predicted molar refractivity (Wildman–Crippen MR) is 97.3 cm³/mol. The van der Waals surface area contributed by atoms with Crippen LogP contribution in [0.1, 0.15) is 32.2 Å². The van der Waals surface area contributed by atoms with Crippen LogP contribution in [0.3, 0.4) is 0 Å². The van der Waals surface area contributed by atoms with Gasteiger partial charge in [0.1, 0.15) is 5.69 Å². The third-order valence-corrected chi connectivity index (χ3v) is 3.69. The summed E-state index contributed by atoms with van der Waals surface area (Å²) in [5.41, 5.74) is 8.88. The zero-order chi connectivity index (χ0) is 18.5. The van der Waals surface area contributed by atoms with Crippen LogP contribution in [-0.2, 0) is 0 Å². The number of halogens is 1. The number of ketones is 1. The molecule has 0 aliphatic carbocycles. The Morgan fingerprint density at radius 1 is 1.12 bits per heavy atom. The lowest BCUT2D eigenvalue weighted by molar-refractivity contribution is 0.0942. The summed E-state index contributed by atoms with van der Waals surface area (Å²) in [4.78, 5) is 24.5. The second-order valence-corrected chi connectivity index (χ2v) is 5.66. The average Bonchev–Trinajstić information content (AvgIpc) is 3.05. The molecule has 8 heteroatoms. The summed E-state index contributed by atoms with van der Waals surface area (Å²) in [7, 11) is 0. The second-order valence-electron chi connectivity index (χ2n) is 5.22. The number of rotatable bonds is 5. The quantitative estimate of drug-likeness (QED) is 0.408. The van der Waals surface area contributed by atoms with Crippen LogP contribution in [0.15, 0.2) is 64.2 Å². The van der Waals surface area contributed by atoms with Gasteiger partial charge in [-0.1, -0.05) is 59.2 Å². The second kappa shape index (κ2) is 7.62. The molecule has 1 aromatic heterocycles. The summed E-state index contributed by atoms with van der Waals surface area (Å²) in [6, 6.07) is 15.3. The molecule has 1 amide bonds. The number of aromatic nitrogens is 1. The maximum absolute atomic E-state index is 12.3. The van der Waals surface area contributed by atoms with Crippen LogP contribution < -0.4 is 11.2 Å². The number of nitrogen functional groups attached to an aromatic ring is 1. The number of amides is 1. The van der Waals surface area contributed by atoms with E-state index in [1.807, 2.05) is 0 Å². The van der Waals surface area contributed by atoms with Gasteiger partial charge < -0.3 is 10.3 Å². The molecule has 0 saturated heterocycles. The summed E-state index contributed by atoms with van der Waals surface area (Å²) in [6.45, 7) is 0. The molecule has 0 unspecified atom stereocenters. The first kappa shape index (κ1) is 17.4. The molecule has 0 fully saturated rings. The van der Waals surface area contributed by atoms with Gasteiger partial charge in [0.15, 0.2) is 5.69 Å². The lowest BCUT2D eigenvalue weighted by Gasteiger charge is -1.98. The van der Waals surface area contributed by atoms with Gasteiger partial charge in [0.25, 0.3) is 5.91 Å². The Morgan fingerprint density at radius 2 is 1.81 bits per heavy atom. The molecule has 26 heavy (non-hydrogen) atoms. The third-order valence-electron chi connectivity index (χ3n) is 3.43. The van der Waals surface area contributed by atoms with Gasteiger partial charge in [0.2, 0.25) is 11.5 Å². The van der Waals surface area contributed by atoms with Crippen LogP contribution in [0.25, 0.3) is 0 Å². The molecule has 3 rings (SSSR count). The fourth-order valence-electron chi connectivity index (χ4n) is 2.11. The van der Waals surface area contributed by atoms with Gasteiger partial charge in [0.05, 0.1) is 6.21 Å². The van der Waals surface area contributed by atoms with Gasteiger partial charge in [-0.3, -0.25) is 9.59 Å². The van der Waals surface area contributed by atoms with Gasteiger partial charge in [-0.2, -0.15) is 5.10 Å². The van der Waals surface area contributed by atoms with E-state index in [-0.39, 0.29) is 17.1 Å². The minimum atomic E-state index is -0.691. The zero-order valence-electron chi connectivity index (χ0n) is 13.3. The van der Waals surface area contributed by atoms with E-state index >= 15 is 0 Å². The van der Waals surface area contributed by atoms with E-state index < -0.39 is 11.7 Å². The van der Waals surface area contributed by atoms with Gasteiger partial charge in [-0.15, -0.1) is 0 Å². The Hall–Kier alpha value is -3.45. The number of hydrogen-bond acceptors (Lipinski definition) is 6. The summed E-state index contributed by atoms with van der Waals surface area (Å²) in [5, 5.41) is 7.98. The maximum atomic E-state index is 12.3. The lowest BCUT2D eigenvalue weighted by atomic mass is 10.1. The molecular weight excluding hydrogens is 356 g/mol. The Labute approximate surface area is 153 Å². The standard InChI is InChI=1S/C18H13ClN4O3/c19-13-8-6-11(7-9-13)10-21-22-18(25)15-14(20)17(26-23-15)16(24)12-4-2-1-3-5-12/h1-10H,20H2,(H,22,25)/b21-10+. The summed E-state index contributed by atoms with van der Waals surface area (Å²) in [6.07, 6.45) is 1.43. The van der Waals surface area contributed by atoms with E-state index in [1.54, 1.807) is 54.6 Å². The summed E-state index contributed by atoms with van der Waals surface area (Å²) >= 11 is 5.79. The zero-order valence-corrected chi connectivity index (χ0v) is 14.1. The highest BCUT2D eigenvalue weighted by atomic mass is 35.5. The number of nitrogens with one attached hydrogen (secondary N) is 1. The minimum absolute atomic E-state index is 0.141. The number of nitrogens with two attached hydrogens (primary N) is 1. The molecule has 1 heterocycles. The Bertz CT molecular complexity index is 966. The monoisotopic (exact) mass is 368 g/mol. The Morgan fingerprint density at radius 3 is 2.50 bits per heavy atom. The fourth-order valence-corrected chi connectivity index (χ4v) is 2.24. The fraction of sp³-hybridized carbons (Fsp3) is 0. The molecule has 7 nitrogen and oxygen atoms in total. The van der Waals surface area contributed by atoms with Crippen molar-refractivity contribution in [3.8, 4) is 0 Å². The number of hydrazone groups is 1. The largest absolute Gasteiger partial charge is 0.393 e. The van der Waals surface area contributed by atoms with Crippen LogP contribution in [0.4, 0.5) is 5.69 Å². The van der Waals surface area contributed by atoms with E-state index in [2.05, 4.69) is 15.7 Å². The molecule has 0 radical (unpaired) electrons. The van der Waals surface area contributed by atoms with Crippen LogP contribution in [0.5, 0.6) is 0 Å².